The van der Waals surface area contributed by atoms with Crippen LogP contribution < -0.4 is 4.74 Å². The van der Waals surface area contributed by atoms with Crippen molar-refractivity contribution >= 4 is 34.0 Å². The number of ether oxygens (including phenoxy) is 1. The molecule has 0 N–H and O–H groups in total. The molecule has 0 aliphatic rings. The molecule has 1 heterocycles. The van der Waals surface area contributed by atoms with Gasteiger partial charge in [0.25, 0.3) is 5.91 Å². The molecule has 0 saturated carbocycles. The molecule has 0 atom stereocenters. The normalized spacial score (nSPS) is 11.0. The predicted octanol–water partition coefficient (Wildman–Crippen LogP) is 4.87. The Hall–Kier alpha value is -3.40. The molecule has 4 rings (SSSR count). The molecule has 0 spiro atoms. The highest BCUT2D eigenvalue weighted by Gasteiger charge is 2.18. The van der Waals surface area contributed by atoms with Gasteiger partial charge in [0.05, 0.1) is 18.1 Å². The topological polar surface area (TPSA) is 48.3 Å². The van der Waals surface area contributed by atoms with E-state index in [4.69, 9.17) is 4.74 Å². The fourth-order valence-corrected chi connectivity index (χ4v) is 3.45. The van der Waals surface area contributed by atoms with E-state index in [0.29, 0.717) is 22.4 Å². The Kier molecular flexibility index (Phi) is 4.24. The minimum absolute atomic E-state index is 0.131. The van der Waals surface area contributed by atoms with Gasteiger partial charge in [0, 0.05) is 28.0 Å². The molecule has 0 bridgehead atoms. The van der Waals surface area contributed by atoms with Gasteiger partial charge in [0.2, 0.25) is 0 Å². The largest absolute Gasteiger partial charge is 0.497 e. The molecule has 0 fully saturated rings. The van der Waals surface area contributed by atoms with Gasteiger partial charge in [-0.15, -0.1) is 0 Å². The Bertz CT molecular complexity index is 1170. The minimum Gasteiger partial charge on any atom is -0.497 e. The molecule has 1 aromatic heterocycles. The maximum absolute atomic E-state index is 13.4. The predicted molar refractivity (Wildman–Crippen MR) is 107 cm³/mol. The first-order valence-electron chi connectivity index (χ1n) is 8.87. The first-order valence-corrected chi connectivity index (χ1v) is 8.87. The summed E-state index contributed by atoms with van der Waals surface area (Å²) < 4.78 is 7.02. The van der Waals surface area contributed by atoms with Crippen LogP contribution in [0.4, 0.5) is 0 Å². The van der Waals surface area contributed by atoms with Crippen molar-refractivity contribution in [3.63, 3.8) is 0 Å². The summed E-state index contributed by atoms with van der Waals surface area (Å²) >= 11 is 0. The second-order valence-electron chi connectivity index (χ2n) is 6.47. The van der Waals surface area contributed by atoms with Gasteiger partial charge >= 0.3 is 0 Å². The number of benzene rings is 3. The van der Waals surface area contributed by atoms with E-state index in [9.17, 15) is 9.59 Å². The van der Waals surface area contributed by atoms with Gasteiger partial charge in [-0.1, -0.05) is 31.2 Å². The number of hydrogen-bond acceptors (Lipinski definition) is 3. The molecule has 134 valence electrons. The van der Waals surface area contributed by atoms with Crippen LogP contribution in [-0.4, -0.2) is 23.9 Å². The standard InChI is InChI=1S/C23H19NO3/c1-3-15-4-7-17(8-5-15)23(26)24-21-12-16(14-25)6-10-19(21)20-11-9-18(27-2)13-22(20)24/h4-14H,3H2,1-2H3. The molecule has 0 unspecified atom stereocenters. The van der Waals surface area contributed by atoms with E-state index in [-0.39, 0.29) is 5.91 Å². The van der Waals surface area contributed by atoms with Crippen LogP contribution in [0, 0.1) is 0 Å². The lowest BCUT2D eigenvalue weighted by Gasteiger charge is -2.08. The Morgan fingerprint density at radius 2 is 1.63 bits per heavy atom. The average molecular weight is 357 g/mol. The molecule has 0 aliphatic carbocycles. The van der Waals surface area contributed by atoms with Gasteiger partial charge in [0.15, 0.2) is 0 Å². The lowest BCUT2D eigenvalue weighted by molar-refractivity contribution is 0.0969. The Labute approximate surface area is 157 Å². The number of nitrogens with zero attached hydrogens (tertiary/aromatic N) is 1. The van der Waals surface area contributed by atoms with Gasteiger partial charge in [-0.05, 0) is 42.3 Å². The molecule has 3 aromatic carbocycles. The first kappa shape index (κ1) is 17.0. The van der Waals surface area contributed by atoms with Crippen LogP contribution >= 0.6 is 0 Å². The fourth-order valence-electron chi connectivity index (χ4n) is 3.45. The number of rotatable bonds is 4. The van der Waals surface area contributed by atoms with E-state index in [1.165, 1.54) is 5.56 Å². The Morgan fingerprint density at radius 1 is 0.963 bits per heavy atom. The third kappa shape index (κ3) is 2.79. The van der Waals surface area contributed by atoms with Crippen LogP contribution in [0.15, 0.2) is 60.7 Å². The SMILES string of the molecule is CCc1ccc(C(=O)n2c3cc(C=O)ccc3c3ccc(OC)cc32)cc1. The first-order chi connectivity index (χ1) is 13.2. The van der Waals surface area contributed by atoms with Crippen molar-refractivity contribution in [1.29, 1.82) is 0 Å². The molecule has 27 heavy (non-hydrogen) atoms. The lowest BCUT2D eigenvalue weighted by atomic mass is 10.1. The van der Waals surface area contributed by atoms with Crippen molar-refractivity contribution in [1.82, 2.24) is 4.57 Å². The van der Waals surface area contributed by atoms with E-state index in [1.54, 1.807) is 23.8 Å². The second kappa shape index (κ2) is 6.72. The van der Waals surface area contributed by atoms with Crippen molar-refractivity contribution in [2.45, 2.75) is 13.3 Å². The number of hydrogen-bond donors (Lipinski definition) is 0. The zero-order valence-electron chi connectivity index (χ0n) is 15.2. The highest BCUT2D eigenvalue weighted by molar-refractivity contribution is 6.17. The summed E-state index contributed by atoms with van der Waals surface area (Å²) in [6, 6.07) is 18.7. The number of carbonyl (C=O) groups excluding carboxylic acids is 2. The van der Waals surface area contributed by atoms with E-state index in [1.807, 2.05) is 48.5 Å². The highest BCUT2D eigenvalue weighted by atomic mass is 16.5. The molecular formula is C23H19NO3. The van der Waals surface area contributed by atoms with Crippen molar-refractivity contribution in [3.8, 4) is 5.75 Å². The molecule has 4 heteroatoms. The Morgan fingerprint density at radius 3 is 2.26 bits per heavy atom. The van der Waals surface area contributed by atoms with Crippen molar-refractivity contribution in [2.75, 3.05) is 7.11 Å². The van der Waals surface area contributed by atoms with Crippen LogP contribution in [0.3, 0.4) is 0 Å². The number of methoxy groups -OCH3 is 1. The monoisotopic (exact) mass is 357 g/mol. The summed E-state index contributed by atoms with van der Waals surface area (Å²) in [6.45, 7) is 2.08. The number of aryl methyl sites for hydroxylation is 1. The lowest BCUT2D eigenvalue weighted by Crippen LogP contribution is -2.11. The zero-order chi connectivity index (χ0) is 19.0. The number of aromatic nitrogens is 1. The van der Waals surface area contributed by atoms with E-state index in [0.717, 1.165) is 29.0 Å². The van der Waals surface area contributed by atoms with Crippen LogP contribution in [0.25, 0.3) is 21.8 Å². The average Bonchev–Trinajstić information content (AvgIpc) is 3.05. The second-order valence-corrected chi connectivity index (χ2v) is 6.47. The van der Waals surface area contributed by atoms with E-state index in [2.05, 4.69) is 6.92 Å². The van der Waals surface area contributed by atoms with Crippen LogP contribution in [0.2, 0.25) is 0 Å². The quantitative estimate of drug-likeness (QED) is 0.490. The number of aldehydes is 1. The third-order valence-corrected chi connectivity index (χ3v) is 4.95. The summed E-state index contributed by atoms with van der Waals surface area (Å²) in [5.74, 6) is 0.547. The molecule has 0 aliphatic heterocycles. The summed E-state index contributed by atoms with van der Waals surface area (Å²) in [6.07, 6.45) is 1.71. The summed E-state index contributed by atoms with van der Waals surface area (Å²) in [4.78, 5) is 24.6. The van der Waals surface area contributed by atoms with Crippen LogP contribution in [0.5, 0.6) is 5.75 Å². The maximum atomic E-state index is 13.4. The van der Waals surface area contributed by atoms with Crippen molar-refractivity contribution in [2.24, 2.45) is 0 Å². The maximum Gasteiger partial charge on any atom is 0.262 e. The van der Waals surface area contributed by atoms with Gasteiger partial charge < -0.3 is 4.74 Å². The summed E-state index contributed by atoms with van der Waals surface area (Å²) in [5, 5.41) is 1.87. The number of fused-ring (bicyclic) bond motifs is 3. The third-order valence-electron chi connectivity index (χ3n) is 4.95. The van der Waals surface area contributed by atoms with Crippen molar-refractivity contribution < 1.29 is 14.3 Å². The highest BCUT2D eigenvalue weighted by Crippen LogP contribution is 2.32. The molecule has 0 saturated heterocycles. The van der Waals surface area contributed by atoms with E-state index >= 15 is 0 Å². The summed E-state index contributed by atoms with van der Waals surface area (Å²) in [5.41, 5.74) is 3.79. The van der Waals surface area contributed by atoms with Gasteiger partial charge in [-0.2, -0.15) is 0 Å². The smallest absolute Gasteiger partial charge is 0.262 e. The molecule has 4 nitrogen and oxygen atoms in total. The minimum atomic E-state index is -0.131. The Balaban J connectivity index is 2.02. The molecular weight excluding hydrogens is 338 g/mol. The van der Waals surface area contributed by atoms with Gasteiger partial charge in [-0.25, -0.2) is 0 Å². The van der Waals surface area contributed by atoms with E-state index < -0.39 is 0 Å². The van der Waals surface area contributed by atoms with Gasteiger partial charge in [-0.3, -0.25) is 14.2 Å². The summed E-state index contributed by atoms with van der Waals surface area (Å²) in [7, 11) is 1.60. The molecule has 0 amide bonds. The van der Waals surface area contributed by atoms with Gasteiger partial charge in [0.1, 0.15) is 12.0 Å². The van der Waals surface area contributed by atoms with Crippen LogP contribution in [0.1, 0.15) is 33.2 Å². The molecule has 4 aromatic rings. The molecule has 0 radical (unpaired) electrons. The number of carbonyl (C=O) groups is 2. The fraction of sp³-hybridized carbons (Fsp3) is 0.130. The zero-order valence-corrected chi connectivity index (χ0v) is 15.2. The van der Waals surface area contributed by atoms with Crippen LogP contribution in [-0.2, 0) is 6.42 Å². The van der Waals surface area contributed by atoms with Crippen molar-refractivity contribution in [3.05, 3.63) is 77.4 Å².